The monoisotopic (exact) mass is 214 g/mol. The lowest BCUT2D eigenvalue weighted by atomic mass is 9.91. The smallest absolute Gasteiger partial charge is 0.234 e. The number of nitrogens with one attached hydrogen (secondary N) is 1. The Morgan fingerprint density at radius 2 is 2.13 bits per heavy atom. The fraction of sp³-hybridized carbons (Fsp3) is 0.909. The van der Waals surface area contributed by atoms with Crippen LogP contribution in [0.15, 0.2) is 0 Å². The average Bonchev–Trinajstić information content (AvgIpc) is 2.14. The van der Waals surface area contributed by atoms with Crippen molar-refractivity contribution in [2.24, 2.45) is 0 Å². The van der Waals surface area contributed by atoms with Crippen molar-refractivity contribution >= 4 is 5.91 Å². The van der Waals surface area contributed by atoms with Crippen LogP contribution in [0.3, 0.4) is 0 Å². The largest absolute Gasteiger partial charge is 0.387 e. The molecule has 0 spiro atoms. The van der Waals surface area contributed by atoms with Gasteiger partial charge in [0.15, 0.2) is 0 Å². The Labute approximate surface area is 91.6 Å². The number of hydrogen-bond donors (Lipinski definition) is 2. The summed E-state index contributed by atoms with van der Waals surface area (Å²) >= 11 is 0. The zero-order valence-corrected chi connectivity index (χ0v) is 9.92. The maximum atomic E-state index is 11.5. The topological polar surface area (TPSA) is 52.6 Å². The van der Waals surface area contributed by atoms with Crippen molar-refractivity contribution in [3.8, 4) is 0 Å². The summed E-state index contributed by atoms with van der Waals surface area (Å²) in [7, 11) is 0. The maximum absolute atomic E-state index is 11.5. The molecule has 1 atom stereocenters. The number of aliphatic hydroxyl groups is 1. The van der Waals surface area contributed by atoms with Gasteiger partial charge in [0.1, 0.15) is 0 Å². The normalized spacial score (nSPS) is 21.9. The first kappa shape index (κ1) is 12.5. The van der Waals surface area contributed by atoms with Crippen LogP contribution < -0.4 is 5.32 Å². The van der Waals surface area contributed by atoms with Crippen LogP contribution in [0.4, 0.5) is 0 Å². The van der Waals surface area contributed by atoms with Crippen LogP contribution in [-0.4, -0.2) is 47.2 Å². The molecule has 0 aromatic heterocycles. The summed E-state index contributed by atoms with van der Waals surface area (Å²) in [6.45, 7) is 7.67. The van der Waals surface area contributed by atoms with E-state index in [2.05, 4.69) is 5.32 Å². The molecule has 0 aliphatic carbocycles. The molecule has 1 heterocycles. The molecule has 0 aromatic rings. The summed E-state index contributed by atoms with van der Waals surface area (Å²) in [4.78, 5) is 13.5. The molecule has 1 fully saturated rings. The third-order valence-electron chi connectivity index (χ3n) is 3.08. The van der Waals surface area contributed by atoms with Crippen molar-refractivity contribution in [3.05, 3.63) is 0 Å². The molecule has 0 radical (unpaired) electrons. The molecule has 1 rings (SSSR count). The maximum Gasteiger partial charge on any atom is 0.234 e. The molecule has 88 valence electrons. The van der Waals surface area contributed by atoms with Crippen molar-refractivity contribution in [3.63, 3.8) is 0 Å². The second kappa shape index (κ2) is 4.94. The van der Waals surface area contributed by atoms with E-state index in [1.807, 2.05) is 25.7 Å². The van der Waals surface area contributed by atoms with E-state index in [4.69, 9.17) is 0 Å². The minimum Gasteiger partial charge on any atom is -0.387 e. The van der Waals surface area contributed by atoms with Crippen LogP contribution in [-0.2, 0) is 4.79 Å². The molecule has 0 aromatic carbocycles. The highest BCUT2D eigenvalue weighted by atomic mass is 16.3. The Kier molecular flexibility index (Phi) is 4.11. The van der Waals surface area contributed by atoms with E-state index in [0.29, 0.717) is 19.6 Å². The predicted octanol–water partition coefficient (Wildman–Crippen LogP) is 0.358. The van der Waals surface area contributed by atoms with Gasteiger partial charge in [-0.05, 0) is 19.8 Å². The number of rotatable bonds is 5. The van der Waals surface area contributed by atoms with Gasteiger partial charge in [0.25, 0.3) is 0 Å². The quantitative estimate of drug-likeness (QED) is 0.694. The molecule has 0 saturated carbocycles. The summed E-state index contributed by atoms with van der Waals surface area (Å²) in [5.74, 6) is 0.0579. The molecule has 15 heavy (non-hydrogen) atoms. The molecule has 1 unspecified atom stereocenters. The molecule has 1 amide bonds. The SMILES string of the molecule is CCC(C)NC(=O)CN1CC(O)(CC)C1. The van der Waals surface area contributed by atoms with Crippen LogP contribution >= 0.6 is 0 Å². The Balaban J connectivity index is 2.19. The lowest BCUT2D eigenvalue weighted by molar-refractivity contribution is -0.133. The summed E-state index contributed by atoms with van der Waals surface area (Å²) in [6, 6.07) is 0.240. The van der Waals surface area contributed by atoms with Gasteiger partial charge in [0.05, 0.1) is 12.1 Å². The Morgan fingerprint density at radius 3 is 2.60 bits per heavy atom. The van der Waals surface area contributed by atoms with Crippen LogP contribution in [0.5, 0.6) is 0 Å². The molecule has 2 N–H and O–H groups in total. The molecular formula is C11H22N2O2. The molecule has 0 bridgehead atoms. The highest BCUT2D eigenvalue weighted by Crippen LogP contribution is 2.23. The van der Waals surface area contributed by atoms with Crippen LogP contribution in [0.2, 0.25) is 0 Å². The van der Waals surface area contributed by atoms with Crippen LogP contribution in [0.1, 0.15) is 33.6 Å². The summed E-state index contributed by atoms with van der Waals surface area (Å²) < 4.78 is 0. The molecule has 4 heteroatoms. The van der Waals surface area contributed by atoms with Gasteiger partial charge < -0.3 is 10.4 Å². The number of likely N-dealkylation sites (tertiary alicyclic amines) is 1. The molecule has 4 nitrogen and oxygen atoms in total. The first-order valence-electron chi connectivity index (χ1n) is 5.73. The van der Waals surface area contributed by atoms with Gasteiger partial charge in [-0.1, -0.05) is 13.8 Å². The van der Waals surface area contributed by atoms with Crippen molar-refractivity contribution in [1.82, 2.24) is 10.2 Å². The van der Waals surface area contributed by atoms with Crippen molar-refractivity contribution < 1.29 is 9.90 Å². The second-order valence-electron chi connectivity index (χ2n) is 4.60. The number of amides is 1. The summed E-state index contributed by atoms with van der Waals surface area (Å²) in [5, 5.41) is 12.7. The Hall–Kier alpha value is -0.610. The van der Waals surface area contributed by atoms with Crippen molar-refractivity contribution in [2.75, 3.05) is 19.6 Å². The molecule has 1 aliphatic rings. The van der Waals surface area contributed by atoms with E-state index < -0.39 is 5.60 Å². The lowest BCUT2D eigenvalue weighted by Crippen LogP contribution is -2.63. The van der Waals surface area contributed by atoms with Crippen LogP contribution in [0.25, 0.3) is 0 Å². The van der Waals surface area contributed by atoms with Gasteiger partial charge in [-0.25, -0.2) is 0 Å². The standard InChI is InChI=1S/C11H22N2O2/c1-4-9(3)12-10(14)6-13-7-11(15,5-2)8-13/h9,15H,4-8H2,1-3H3,(H,12,14). The van der Waals surface area contributed by atoms with Gasteiger partial charge in [0.2, 0.25) is 5.91 Å². The van der Waals surface area contributed by atoms with Gasteiger partial charge in [-0.15, -0.1) is 0 Å². The van der Waals surface area contributed by atoms with Gasteiger partial charge in [-0.3, -0.25) is 9.69 Å². The van der Waals surface area contributed by atoms with E-state index >= 15 is 0 Å². The molecule has 1 saturated heterocycles. The van der Waals surface area contributed by atoms with Crippen molar-refractivity contribution in [2.45, 2.75) is 45.3 Å². The fourth-order valence-electron chi connectivity index (χ4n) is 1.75. The fourth-order valence-corrected chi connectivity index (χ4v) is 1.75. The van der Waals surface area contributed by atoms with Gasteiger partial charge >= 0.3 is 0 Å². The summed E-state index contributed by atoms with van der Waals surface area (Å²) in [6.07, 6.45) is 1.71. The van der Waals surface area contributed by atoms with Gasteiger partial charge in [-0.2, -0.15) is 0 Å². The minimum absolute atomic E-state index is 0.0579. The van der Waals surface area contributed by atoms with E-state index in [9.17, 15) is 9.90 Å². The zero-order chi connectivity index (χ0) is 11.5. The minimum atomic E-state index is -0.545. The first-order chi connectivity index (χ1) is 6.99. The van der Waals surface area contributed by atoms with E-state index in [1.54, 1.807) is 0 Å². The highest BCUT2D eigenvalue weighted by molar-refractivity contribution is 5.78. The van der Waals surface area contributed by atoms with E-state index in [-0.39, 0.29) is 11.9 Å². The van der Waals surface area contributed by atoms with Crippen LogP contribution in [0, 0.1) is 0 Å². The van der Waals surface area contributed by atoms with E-state index in [1.165, 1.54) is 0 Å². The Bertz CT molecular complexity index is 225. The highest BCUT2D eigenvalue weighted by Gasteiger charge is 2.39. The predicted molar refractivity (Wildman–Crippen MR) is 59.6 cm³/mol. The number of carbonyl (C=O) groups excluding carboxylic acids is 1. The molecule has 1 aliphatic heterocycles. The number of hydrogen-bond acceptors (Lipinski definition) is 3. The Morgan fingerprint density at radius 1 is 1.53 bits per heavy atom. The third-order valence-corrected chi connectivity index (χ3v) is 3.08. The summed E-state index contributed by atoms with van der Waals surface area (Å²) in [5.41, 5.74) is -0.545. The number of nitrogens with zero attached hydrogens (tertiary/aromatic N) is 1. The molecular weight excluding hydrogens is 192 g/mol. The average molecular weight is 214 g/mol. The van der Waals surface area contributed by atoms with Crippen molar-refractivity contribution in [1.29, 1.82) is 0 Å². The second-order valence-corrected chi connectivity index (χ2v) is 4.60. The van der Waals surface area contributed by atoms with Gasteiger partial charge in [0, 0.05) is 19.1 Å². The van der Waals surface area contributed by atoms with E-state index in [0.717, 1.165) is 12.8 Å². The zero-order valence-electron chi connectivity index (χ0n) is 9.92. The number of β-amino-alcohol motifs (C(OH)–C–C–N with tert-alkyl or cyclic N) is 1. The lowest BCUT2D eigenvalue weighted by Gasteiger charge is -2.45. The number of carbonyl (C=O) groups is 1. The first-order valence-corrected chi connectivity index (χ1v) is 5.73. The third kappa shape index (κ3) is 3.47.